The maximum atomic E-state index is 9.87. The number of carboxylic acids is 2. The van der Waals surface area contributed by atoms with E-state index < -0.39 is 11.9 Å². The van der Waals surface area contributed by atoms with Crippen molar-refractivity contribution in [1.82, 2.24) is 0 Å². The van der Waals surface area contributed by atoms with Crippen LogP contribution in [0.5, 0.6) is 0 Å². The summed E-state index contributed by atoms with van der Waals surface area (Å²) in [6, 6.07) is 0. The zero-order chi connectivity index (χ0) is 11.7. The predicted octanol–water partition coefficient (Wildman–Crippen LogP) is 0.0977. The largest absolute Gasteiger partial charge is 0.481 e. The maximum Gasteiger partial charge on any atom is 0.310 e. The van der Waals surface area contributed by atoms with Gasteiger partial charge in [0.2, 0.25) is 0 Å². The minimum absolute atomic E-state index is 0. The summed E-state index contributed by atoms with van der Waals surface area (Å²) in [5, 5.41) is 15.7. The van der Waals surface area contributed by atoms with Gasteiger partial charge in [0.25, 0.3) is 0 Å². The van der Waals surface area contributed by atoms with Crippen molar-refractivity contribution in [2.75, 3.05) is 0 Å². The number of hydrogen-bond donors (Lipinski definition) is 2. The number of carbonyl (C=O) groups is 4. The first-order valence-corrected chi connectivity index (χ1v) is 3.68. The molecule has 0 atom stereocenters. The smallest absolute Gasteiger partial charge is 0.310 e. The predicted molar refractivity (Wildman–Crippen MR) is 45.9 cm³/mol. The van der Waals surface area contributed by atoms with Gasteiger partial charge in [0.15, 0.2) is 0 Å². The Balaban J connectivity index is -0.000000180. The molecular weight excluding hydrogens is 248 g/mol. The molecule has 0 spiro atoms. The van der Waals surface area contributed by atoms with Crippen LogP contribution in [-0.2, 0) is 36.2 Å². The zero-order valence-electron chi connectivity index (χ0n) is 8.30. The van der Waals surface area contributed by atoms with Crippen LogP contribution in [-0.4, -0.2) is 33.7 Å². The van der Waals surface area contributed by atoms with E-state index in [2.05, 4.69) is 0 Å². The molecule has 0 radical (unpaired) electrons. The number of carbonyl (C=O) groups excluding carboxylic acids is 2. The van der Waals surface area contributed by atoms with E-state index in [1.165, 1.54) is 13.8 Å². The van der Waals surface area contributed by atoms with Crippen LogP contribution < -0.4 is 0 Å². The van der Waals surface area contributed by atoms with Crippen LogP contribution in [0.25, 0.3) is 0 Å². The number of rotatable bonds is 4. The van der Waals surface area contributed by atoms with Gasteiger partial charge in [0, 0.05) is 17.1 Å². The first-order chi connectivity index (χ1) is 6.25. The minimum atomic E-state index is -1.06. The van der Waals surface area contributed by atoms with Gasteiger partial charge in [0.1, 0.15) is 24.4 Å². The second-order valence-electron chi connectivity index (χ2n) is 2.55. The van der Waals surface area contributed by atoms with Crippen molar-refractivity contribution in [3.63, 3.8) is 0 Å². The molecule has 0 amide bonds. The molecule has 0 aliphatic carbocycles. The van der Waals surface area contributed by atoms with E-state index in [1.54, 1.807) is 0 Å². The van der Waals surface area contributed by atoms with Crippen molar-refractivity contribution >= 4 is 23.5 Å². The third-order valence-electron chi connectivity index (χ3n) is 0.800. The molecule has 0 aromatic carbocycles. The summed E-state index contributed by atoms with van der Waals surface area (Å²) < 4.78 is 0. The Morgan fingerprint density at radius 3 is 1.00 bits per heavy atom. The van der Waals surface area contributed by atoms with E-state index in [0.29, 0.717) is 0 Å². The molecule has 0 heterocycles. The number of Topliss-reactive ketones (excluding diaryl/α,β-unsaturated/α-hetero) is 2. The summed E-state index contributed by atoms with van der Waals surface area (Å²) >= 11 is 0. The fourth-order valence-electron chi connectivity index (χ4n) is 0.426. The number of aliphatic carboxylic acids is 2. The van der Waals surface area contributed by atoms with Gasteiger partial charge in [-0.2, -0.15) is 0 Å². The topological polar surface area (TPSA) is 109 Å². The van der Waals surface area contributed by atoms with E-state index in [-0.39, 0.29) is 41.5 Å². The van der Waals surface area contributed by atoms with Gasteiger partial charge in [-0.05, 0) is 13.8 Å². The third-order valence-corrected chi connectivity index (χ3v) is 0.800. The zero-order valence-corrected chi connectivity index (χ0v) is 9.40. The van der Waals surface area contributed by atoms with Crippen LogP contribution >= 0.6 is 0 Å². The van der Waals surface area contributed by atoms with Gasteiger partial charge in [-0.25, -0.2) is 0 Å². The molecule has 0 unspecified atom stereocenters. The van der Waals surface area contributed by atoms with Crippen LogP contribution in [0, 0.1) is 0 Å². The average molecular weight is 260 g/mol. The van der Waals surface area contributed by atoms with Crippen molar-refractivity contribution in [3.8, 4) is 0 Å². The molecule has 0 aliphatic rings. The van der Waals surface area contributed by atoms with Gasteiger partial charge in [0.05, 0.1) is 0 Å². The van der Waals surface area contributed by atoms with Crippen molar-refractivity contribution < 1.29 is 46.5 Å². The molecule has 0 saturated carbocycles. The molecule has 7 heteroatoms. The minimum Gasteiger partial charge on any atom is -0.481 e. The van der Waals surface area contributed by atoms with E-state index >= 15 is 0 Å². The first kappa shape index (κ1) is 19.4. The van der Waals surface area contributed by atoms with E-state index in [9.17, 15) is 19.2 Å². The van der Waals surface area contributed by atoms with Crippen molar-refractivity contribution in [2.24, 2.45) is 0 Å². The maximum absolute atomic E-state index is 9.87. The summed E-state index contributed by atoms with van der Waals surface area (Å²) in [5.41, 5.74) is 0. The molecule has 15 heavy (non-hydrogen) atoms. The summed E-state index contributed by atoms with van der Waals surface area (Å²) in [6.45, 7) is 2.49. The van der Waals surface area contributed by atoms with Crippen molar-refractivity contribution in [1.29, 1.82) is 0 Å². The van der Waals surface area contributed by atoms with Gasteiger partial charge in [-0.1, -0.05) is 0 Å². The Bertz CT molecular complexity index is 198. The van der Waals surface area contributed by atoms with Gasteiger partial charge in [-0.3, -0.25) is 19.2 Å². The standard InChI is InChI=1S/2C4H6O3.Fe/c2*1-3(5)2-4(6)7;/h2*2H2,1H3,(H,6,7);. The third kappa shape index (κ3) is 32.3. The monoisotopic (exact) mass is 260 g/mol. The fraction of sp³-hybridized carbons (Fsp3) is 0.500. The van der Waals surface area contributed by atoms with Crippen LogP contribution in [0.4, 0.5) is 0 Å². The summed E-state index contributed by atoms with van der Waals surface area (Å²) in [7, 11) is 0. The molecule has 0 aliphatic heterocycles. The van der Waals surface area contributed by atoms with Gasteiger partial charge < -0.3 is 10.2 Å². The molecule has 0 aromatic heterocycles. The Hall–Kier alpha value is -1.20. The average Bonchev–Trinajstić information content (AvgIpc) is 1.79. The van der Waals surface area contributed by atoms with E-state index in [4.69, 9.17) is 10.2 Å². The van der Waals surface area contributed by atoms with Crippen LogP contribution in [0.2, 0.25) is 0 Å². The molecule has 0 saturated heterocycles. The second-order valence-corrected chi connectivity index (χ2v) is 2.55. The SMILES string of the molecule is CC(=O)CC(=O)O.CC(=O)CC(=O)O.[Fe]. The summed E-state index contributed by atoms with van der Waals surface area (Å²) in [6.07, 6.45) is -0.722. The van der Waals surface area contributed by atoms with E-state index in [0.717, 1.165) is 0 Å². The molecule has 6 nitrogen and oxygen atoms in total. The molecule has 2 N–H and O–H groups in total. The van der Waals surface area contributed by atoms with Crippen LogP contribution in [0.3, 0.4) is 0 Å². The normalized spacial score (nSPS) is 7.60. The van der Waals surface area contributed by atoms with E-state index in [1.807, 2.05) is 0 Å². The Labute approximate surface area is 97.1 Å². The number of carboxylic acid groups (broad SMARTS) is 2. The Morgan fingerprint density at radius 2 is 1.00 bits per heavy atom. The molecule has 0 rings (SSSR count). The van der Waals surface area contributed by atoms with Crippen LogP contribution in [0.15, 0.2) is 0 Å². The van der Waals surface area contributed by atoms with Crippen LogP contribution in [0.1, 0.15) is 26.7 Å². The Morgan fingerprint density at radius 1 is 0.800 bits per heavy atom. The quantitative estimate of drug-likeness (QED) is 0.548. The Kier molecular flexibility index (Phi) is 14.1. The molecule has 0 aromatic rings. The number of ketones is 2. The van der Waals surface area contributed by atoms with Crippen molar-refractivity contribution in [2.45, 2.75) is 26.7 Å². The molecule has 88 valence electrons. The van der Waals surface area contributed by atoms with Crippen molar-refractivity contribution in [3.05, 3.63) is 0 Å². The molecular formula is C8H12FeO6. The summed E-state index contributed by atoms with van der Waals surface area (Å²) in [4.78, 5) is 38.9. The molecule has 0 fully saturated rings. The van der Waals surface area contributed by atoms with Gasteiger partial charge >= 0.3 is 11.9 Å². The first-order valence-electron chi connectivity index (χ1n) is 3.68. The fourth-order valence-corrected chi connectivity index (χ4v) is 0.426. The summed E-state index contributed by atoms with van der Waals surface area (Å²) in [5.74, 6) is -2.75. The number of hydrogen-bond acceptors (Lipinski definition) is 4. The second kappa shape index (κ2) is 10.9. The van der Waals surface area contributed by atoms with Gasteiger partial charge in [-0.15, -0.1) is 0 Å². The molecule has 0 bridgehead atoms.